The van der Waals surface area contributed by atoms with Gasteiger partial charge in [0.05, 0.1) is 23.2 Å². The minimum Gasteiger partial charge on any atom is -0.389 e. The first kappa shape index (κ1) is 8.19. The second kappa shape index (κ2) is 2.81. The molecule has 0 unspecified atom stereocenters. The Balaban J connectivity index is 2.70. The van der Waals surface area contributed by atoms with Crippen LogP contribution in [0, 0.1) is 5.82 Å². The molecule has 0 aliphatic rings. The molecule has 0 radical (unpaired) electrons. The predicted octanol–water partition coefficient (Wildman–Crippen LogP) is 1.76. The Morgan fingerprint density at radius 2 is 2.31 bits per heavy atom. The Hall–Kier alpha value is -1.42. The average Bonchev–Trinajstić information content (AvgIpc) is 2.51. The summed E-state index contributed by atoms with van der Waals surface area (Å²) < 4.78 is 13.3. The summed E-state index contributed by atoms with van der Waals surface area (Å²) in [6.07, 6.45) is 0.762. The zero-order valence-electron chi connectivity index (χ0n) is 7.08. The fourth-order valence-corrected chi connectivity index (χ4v) is 1.27. The summed E-state index contributed by atoms with van der Waals surface area (Å²) in [5, 5.41) is 16.1. The molecule has 1 aromatic carbocycles. The largest absolute Gasteiger partial charge is 0.389 e. The molecule has 0 aliphatic heterocycles. The van der Waals surface area contributed by atoms with E-state index in [1.807, 2.05) is 0 Å². The lowest BCUT2D eigenvalue weighted by Crippen LogP contribution is -1.92. The molecule has 4 heteroatoms. The summed E-state index contributed by atoms with van der Waals surface area (Å²) in [5.74, 6) is -0.359. The van der Waals surface area contributed by atoms with Crippen molar-refractivity contribution in [3.05, 3.63) is 29.7 Å². The number of benzene rings is 1. The van der Waals surface area contributed by atoms with Gasteiger partial charge < -0.3 is 5.11 Å². The minimum absolute atomic E-state index is 0.359. The molecule has 68 valence electrons. The van der Waals surface area contributed by atoms with Crippen molar-refractivity contribution in [1.82, 2.24) is 10.2 Å². The van der Waals surface area contributed by atoms with Crippen molar-refractivity contribution >= 4 is 10.9 Å². The lowest BCUT2D eigenvalue weighted by atomic mass is 10.1. The minimum atomic E-state index is -0.665. The predicted molar refractivity (Wildman–Crippen MR) is 46.7 cm³/mol. The van der Waals surface area contributed by atoms with E-state index in [1.165, 1.54) is 12.3 Å². The molecule has 1 atom stereocenters. The number of hydrogen-bond donors (Lipinski definition) is 2. The van der Waals surface area contributed by atoms with E-state index in [-0.39, 0.29) is 5.82 Å². The number of aromatic nitrogens is 2. The zero-order valence-corrected chi connectivity index (χ0v) is 7.08. The summed E-state index contributed by atoms with van der Waals surface area (Å²) in [6, 6.07) is 3.01. The molecule has 0 saturated heterocycles. The van der Waals surface area contributed by atoms with Crippen LogP contribution in [-0.4, -0.2) is 15.3 Å². The first-order chi connectivity index (χ1) is 6.18. The molecule has 0 spiro atoms. The molecule has 2 N–H and O–H groups in total. The van der Waals surface area contributed by atoms with Gasteiger partial charge in [-0.1, -0.05) is 0 Å². The molecule has 2 aromatic rings. The lowest BCUT2D eigenvalue weighted by molar-refractivity contribution is 0.199. The van der Waals surface area contributed by atoms with Gasteiger partial charge in [0, 0.05) is 0 Å². The maximum atomic E-state index is 13.3. The van der Waals surface area contributed by atoms with Crippen LogP contribution in [0.5, 0.6) is 0 Å². The molecular formula is C9H9FN2O. The highest BCUT2D eigenvalue weighted by molar-refractivity contribution is 5.79. The smallest absolute Gasteiger partial charge is 0.134 e. The van der Waals surface area contributed by atoms with Gasteiger partial charge in [-0.15, -0.1) is 0 Å². The van der Waals surface area contributed by atoms with E-state index < -0.39 is 6.10 Å². The second-order valence-corrected chi connectivity index (χ2v) is 3.01. The molecule has 3 nitrogen and oxygen atoms in total. The molecule has 0 aliphatic carbocycles. The van der Waals surface area contributed by atoms with Crippen LogP contribution in [0.3, 0.4) is 0 Å². The average molecular weight is 180 g/mol. The third-order valence-corrected chi connectivity index (χ3v) is 2.01. The van der Waals surface area contributed by atoms with E-state index in [2.05, 4.69) is 10.2 Å². The van der Waals surface area contributed by atoms with Crippen LogP contribution >= 0.6 is 0 Å². The van der Waals surface area contributed by atoms with Crippen LogP contribution in [0.4, 0.5) is 4.39 Å². The number of nitrogens with zero attached hydrogens (tertiary/aromatic N) is 1. The van der Waals surface area contributed by atoms with Crippen molar-refractivity contribution in [3.63, 3.8) is 0 Å². The number of aliphatic hydroxyl groups is 1. The van der Waals surface area contributed by atoms with Crippen LogP contribution in [0.1, 0.15) is 18.6 Å². The highest BCUT2D eigenvalue weighted by Crippen LogP contribution is 2.21. The van der Waals surface area contributed by atoms with E-state index in [1.54, 1.807) is 13.0 Å². The van der Waals surface area contributed by atoms with Gasteiger partial charge in [-0.2, -0.15) is 5.10 Å². The number of hydrogen-bond acceptors (Lipinski definition) is 2. The standard InChI is InChI=1S/C9H9FN2O/c1-5(13)6-2-8(10)7-4-11-12-9(7)3-6/h2-5,13H,1H3,(H,11,12)/t5-/m1/s1. The van der Waals surface area contributed by atoms with Crippen LogP contribution in [0.2, 0.25) is 0 Å². The third kappa shape index (κ3) is 1.29. The molecule has 0 fully saturated rings. The van der Waals surface area contributed by atoms with Gasteiger partial charge in [0.25, 0.3) is 0 Å². The Morgan fingerprint density at radius 1 is 1.54 bits per heavy atom. The number of aliphatic hydroxyl groups excluding tert-OH is 1. The topological polar surface area (TPSA) is 48.9 Å². The molecule has 0 bridgehead atoms. The summed E-state index contributed by atoms with van der Waals surface area (Å²) >= 11 is 0. The Bertz CT molecular complexity index is 436. The molecule has 13 heavy (non-hydrogen) atoms. The van der Waals surface area contributed by atoms with Crippen molar-refractivity contribution in [1.29, 1.82) is 0 Å². The summed E-state index contributed by atoms with van der Waals surface area (Å²) in [5.41, 5.74) is 1.16. The summed E-state index contributed by atoms with van der Waals surface area (Å²) in [4.78, 5) is 0. The molecule has 2 rings (SSSR count). The number of nitrogens with one attached hydrogen (secondary N) is 1. The number of aromatic amines is 1. The van der Waals surface area contributed by atoms with Crippen molar-refractivity contribution in [2.75, 3.05) is 0 Å². The van der Waals surface area contributed by atoms with Crippen molar-refractivity contribution in [2.24, 2.45) is 0 Å². The van der Waals surface area contributed by atoms with E-state index in [0.717, 1.165) is 0 Å². The monoisotopic (exact) mass is 180 g/mol. The molecule has 1 heterocycles. The van der Waals surface area contributed by atoms with Gasteiger partial charge in [-0.25, -0.2) is 4.39 Å². The number of halogens is 1. The summed E-state index contributed by atoms with van der Waals surface area (Å²) in [6.45, 7) is 1.59. The number of fused-ring (bicyclic) bond motifs is 1. The lowest BCUT2D eigenvalue weighted by Gasteiger charge is -2.04. The molecule has 1 aromatic heterocycles. The Kier molecular flexibility index (Phi) is 1.77. The van der Waals surface area contributed by atoms with Crippen LogP contribution in [0.25, 0.3) is 10.9 Å². The van der Waals surface area contributed by atoms with Gasteiger partial charge in [-0.05, 0) is 24.6 Å². The van der Waals surface area contributed by atoms with Gasteiger partial charge in [0.2, 0.25) is 0 Å². The van der Waals surface area contributed by atoms with E-state index in [9.17, 15) is 9.50 Å². The third-order valence-electron chi connectivity index (χ3n) is 2.01. The molecule has 0 saturated carbocycles. The van der Waals surface area contributed by atoms with Gasteiger partial charge in [-0.3, -0.25) is 5.10 Å². The van der Waals surface area contributed by atoms with Crippen molar-refractivity contribution in [3.8, 4) is 0 Å². The fraction of sp³-hybridized carbons (Fsp3) is 0.222. The van der Waals surface area contributed by atoms with Crippen molar-refractivity contribution in [2.45, 2.75) is 13.0 Å². The summed E-state index contributed by atoms with van der Waals surface area (Å²) in [7, 11) is 0. The first-order valence-electron chi connectivity index (χ1n) is 3.99. The Morgan fingerprint density at radius 3 is 3.00 bits per heavy atom. The van der Waals surface area contributed by atoms with Crippen LogP contribution < -0.4 is 0 Å². The fourth-order valence-electron chi connectivity index (χ4n) is 1.27. The SMILES string of the molecule is C[C@@H](O)c1cc(F)c2cn[nH]c2c1. The maximum Gasteiger partial charge on any atom is 0.134 e. The van der Waals surface area contributed by atoms with E-state index in [4.69, 9.17) is 0 Å². The maximum absolute atomic E-state index is 13.3. The number of H-pyrrole nitrogens is 1. The van der Waals surface area contributed by atoms with E-state index >= 15 is 0 Å². The number of rotatable bonds is 1. The highest BCUT2D eigenvalue weighted by Gasteiger charge is 2.08. The highest BCUT2D eigenvalue weighted by atomic mass is 19.1. The molecule has 0 amide bonds. The van der Waals surface area contributed by atoms with Gasteiger partial charge >= 0.3 is 0 Å². The van der Waals surface area contributed by atoms with Gasteiger partial charge in [0.15, 0.2) is 0 Å². The zero-order chi connectivity index (χ0) is 9.42. The Labute approximate surface area is 74.2 Å². The second-order valence-electron chi connectivity index (χ2n) is 3.01. The molecular weight excluding hydrogens is 171 g/mol. The normalized spacial score (nSPS) is 13.5. The van der Waals surface area contributed by atoms with Gasteiger partial charge in [0.1, 0.15) is 5.82 Å². The van der Waals surface area contributed by atoms with Crippen LogP contribution in [-0.2, 0) is 0 Å². The quantitative estimate of drug-likeness (QED) is 0.702. The van der Waals surface area contributed by atoms with Crippen molar-refractivity contribution < 1.29 is 9.50 Å². The van der Waals surface area contributed by atoms with E-state index in [0.29, 0.717) is 16.5 Å². The first-order valence-corrected chi connectivity index (χ1v) is 3.99. The van der Waals surface area contributed by atoms with Crippen LogP contribution in [0.15, 0.2) is 18.3 Å².